The zero-order valence-corrected chi connectivity index (χ0v) is 12.8. The van der Waals surface area contributed by atoms with E-state index in [1.54, 1.807) is 6.07 Å². The Morgan fingerprint density at radius 2 is 1.65 bits per heavy atom. The van der Waals surface area contributed by atoms with Crippen molar-refractivity contribution in [1.29, 1.82) is 0 Å². The summed E-state index contributed by atoms with van der Waals surface area (Å²) in [4.78, 5) is 0. The number of aliphatic hydroxyl groups excluding tert-OH is 2. The van der Waals surface area contributed by atoms with Crippen molar-refractivity contribution in [3.8, 4) is 11.5 Å². The first kappa shape index (κ1) is 17.1. The Balaban J connectivity index is 2.89. The van der Waals surface area contributed by atoms with Gasteiger partial charge >= 0.3 is 0 Å². The van der Waals surface area contributed by atoms with E-state index in [4.69, 9.17) is 31.3 Å². The summed E-state index contributed by atoms with van der Waals surface area (Å²) in [6.07, 6.45) is 1.37. The third kappa shape index (κ3) is 4.85. The minimum absolute atomic E-state index is 0.0226. The van der Waals surface area contributed by atoms with Crippen molar-refractivity contribution in [2.45, 2.75) is 26.7 Å². The molecule has 0 spiro atoms. The van der Waals surface area contributed by atoms with E-state index in [1.807, 2.05) is 19.9 Å². The molecule has 0 radical (unpaired) electrons. The molecule has 2 N–H and O–H groups in total. The van der Waals surface area contributed by atoms with Crippen LogP contribution in [0, 0.1) is 5.92 Å². The predicted molar refractivity (Wildman–Crippen MR) is 79.8 cm³/mol. The Kier molecular flexibility index (Phi) is 7.73. The van der Waals surface area contributed by atoms with E-state index < -0.39 is 0 Å². The first-order chi connectivity index (χ1) is 9.65. The normalized spacial score (nSPS) is 10.9. The number of rotatable bonds is 9. The Morgan fingerprint density at radius 3 is 2.20 bits per heavy atom. The van der Waals surface area contributed by atoms with E-state index in [0.29, 0.717) is 36.8 Å². The largest absolute Gasteiger partial charge is 0.493 e. The second kappa shape index (κ2) is 9.06. The van der Waals surface area contributed by atoms with Gasteiger partial charge < -0.3 is 19.7 Å². The van der Waals surface area contributed by atoms with Gasteiger partial charge in [-0.25, -0.2) is 0 Å². The summed E-state index contributed by atoms with van der Waals surface area (Å²) in [5.74, 6) is 1.24. The van der Waals surface area contributed by atoms with Crippen LogP contribution in [-0.2, 0) is 6.42 Å². The van der Waals surface area contributed by atoms with Crippen molar-refractivity contribution >= 4 is 11.6 Å². The van der Waals surface area contributed by atoms with Gasteiger partial charge in [-0.15, -0.1) is 0 Å². The molecule has 1 aromatic carbocycles. The molecule has 1 aromatic rings. The van der Waals surface area contributed by atoms with Gasteiger partial charge in [-0.1, -0.05) is 11.6 Å². The number of aryl methyl sites for hydroxylation is 1. The summed E-state index contributed by atoms with van der Waals surface area (Å²) >= 11 is 6.18. The fourth-order valence-corrected chi connectivity index (χ4v) is 2.17. The van der Waals surface area contributed by atoms with E-state index in [1.165, 1.54) is 0 Å². The molecule has 0 heterocycles. The maximum absolute atomic E-state index is 9.11. The van der Waals surface area contributed by atoms with Gasteiger partial charge in [0.2, 0.25) is 0 Å². The average molecular weight is 303 g/mol. The molecule has 4 nitrogen and oxygen atoms in total. The molecule has 0 amide bonds. The van der Waals surface area contributed by atoms with Gasteiger partial charge in [0.25, 0.3) is 0 Å². The number of hydrogen-bond acceptors (Lipinski definition) is 4. The number of halogens is 1. The maximum atomic E-state index is 9.11. The van der Waals surface area contributed by atoms with Crippen LogP contribution in [0.15, 0.2) is 12.1 Å². The van der Waals surface area contributed by atoms with Crippen LogP contribution in [0.4, 0.5) is 0 Å². The molecule has 0 saturated heterocycles. The molecule has 0 bridgehead atoms. The fourth-order valence-electron chi connectivity index (χ4n) is 1.93. The lowest BCUT2D eigenvalue weighted by Gasteiger charge is -2.16. The average Bonchev–Trinajstić information content (AvgIpc) is 2.44. The molecule has 0 saturated carbocycles. The van der Waals surface area contributed by atoms with E-state index in [-0.39, 0.29) is 19.1 Å². The smallest absolute Gasteiger partial charge is 0.141 e. The molecule has 1 rings (SSSR count). The van der Waals surface area contributed by atoms with E-state index in [2.05, 4.69) is 0 Å². The van der Waals surface area contributed by atoms with Gasteiger partial charge in [0, 0.05) is 25.2 Å². The van der Waals surface area contributed by atoms with Crippen LogP contribution >= 0.6 is 11.6 Å². The SMILES string of the molecule is CCOc1cc(OCC)c(CCC(CO)CO)cc1Cl. The molecular formula is C15H23ClO4. The molecule has 20 heavy (non-hydrogen) atoms. The summed E-state index contributed by atoms with van der Waals surface area (Å²) in [6.45, 7) is 4.88. The van der Waals surface area contributed by atoms with Crippen LogP contribution in [-0.4, -0.2) is 36.6 Å². The van der Waals surface area contributed by atoms with Crippen molar-refractivity contribution in [1.82, 2.24) is 0 Å². The summed E-state index contributed by atoms with van der Waals surface area (Å²) < 4.78 is 11.1. The van der Waals surface area contributed by atoms with Gasteiger partial charge in [0.15, 0.2) is 0 Å². The summed E-state index contributed by atoms with van der Waals surface area (Å²) in [5, 5.41) is 18.8. The molecule has 0 aromatic heterocycles. The van der Waals surface area contributed by atoms with Gasteiger partial charge in [0.05, 0.1) is 18.2 Å². The molecule has 5 heteroatoms. The molecular weight excluding hydrogens is 280 g/mol. The standard InChI is InChI=1S/C15H23ClO4/c1-3-19-14-8-15(20-4-2)13(16)7-12(14)6-5-11(9-17)10-18/h7-8,11,17-18H,3-6,9-10H2,1-2H3. The Hall–Kier alpha value is -0.970. The minimum atomic E-state index is -0.116. The zero-order valence-electron chi connectivity index (χ0n) is 12.1. The molecule has 0 aliphatic carbocycles. The number of benzene rings is 1. The second-order valence-electron chi connectivity index (χ2n) is 4.53. The summed E-state index contributed by atoms with van der Waals surface area (Å²) in [5.41, 5.74) is 0.965. The first-order valence-corrected chi connectivity index (χ1v) is 7.33. The highest BCUT2D eigenvalue weighted by molar-refractivity contribution is 6.32. The van der Waals surface area contributed by atoms with Crippen LogP contribution in [0.2, 0.25) is 5.02 Å². The van der Waals surface area contributed by atoms with Crippen LogP contribution in [0.5, 0.6) is 11.5 Å². The predicted octanol–water partition coefficient (Wildman–Crippen LogP) is 2.67. The Labute approximate surface area is 125 Å². The quantitative estimate of drug-likeness (QED) is 0.736. The van der Waals surface area contributed by atoms with E-state index in [9.17, 15) is 0 Å². The fraction of sp³-hybridized carbons (Fsp3) is 0.600. The minimum Gasteiger partial charge on any atom is -0.493 e. The van der Waals surface area contributed by atoms with Crippen LogP contribution in [0.1, 0.15) is 25.8 Å². The molecule has 0 unspecified atom stereocenters. The highest BCUT2D eigenvalue weighted by atomic mass is 35.5. The first-order valence-electron chi connectivity index (χ1n) is 6.95. The highest BCUT2D eigenvalue weighted by Crippen LogP contribution is 2.34. The van der Waals surface area contributed by atoms with Crippen molar-refractivity contribution < 1.29 is 19.7 Å². The lowest BCUT2D eigenvalue weighted by Crippen LogP contribution is -2.12. The second-order valence-corrected chi connectivity index (χ2v) is 4.93. The van der Waals surface area contributed by atoms with Crippen molar-refractivity contribution in [3.63, 3.8) is 0 Å². The van der Waals surface area contributed by atoms with E-state index >= 15 is 0 Å². The Morgan fingerprint density at radius 1 is 1.05 bits per heavy atom. The number of hydrogen-bond donors (Lipinski definition) is 2. The van der Waals surface area contributed by atoms with Crippen LogP contribution in [0.25, 0.3) is 0 Å². The third-order valence-electron chi connectivity index (χ3n) is 3.05. The lowest BCUT2D eigenvalue weighted by atomic mass is 10.00. The number of ether oxygens (including phenoxy) is 2. The van der Waals surface area contributed by atoms with Gasteiger partial charge in [-0.05, 0) is 38.3 Å². The monoisotopic (exact) mass is 302 g/mol. The topological polar surface area (TPSA) is 58.9 Å². The molecule has 0 aliphatic heterocycles. The van der Waals surface area contributed by atoms with Gasteiger partial charge in [0.1, 0.15) is 11.5 Å². The van der Waals surface area contributed by atoms with E-state index in [0.717, 1.165) is 11.3 Å². The molecule has 114 valence electrons. The number of aliphatic hydroxyl groups is 2. The van der Waals surface area contributed by atoms with Crippen molar-refractivity contribution in [3.05, 3.63) is 22.7 Å². The van der Waals surface area contributed by atoms with Crippen LogP contribution in [0.3, 0.4) is 0 Å². The Bertz CT molecular complexity index is 405. The van der Waals surface area contributed by atoms with Gasteiger partial charge in [-0.2, -0.15) is 0 Å². The lowest BCUT2D eigenvalue weighted by molar-refractivity contribution is 0.144. The molecule has 0 fully saturated rings. The summed E-state index contributed by atoms with van der Waals surface area (Å²) in [7, 11) is 0. The van der Waals surface area contributed by atoms with Gasteiger partial charge in [-0.3, -0.25) is 0 Å². The third-order valence-corrected chi connectivity index (χ3v) is 3.35. The van der Waals surface area contributed by atoms with Crippen LogP contribution < -0.4 is 9.47 Å². The molecule has 0 aliphatic rings. The highest BCUT2D eigenvalue weighted by Gasteiger charge is 2.13. The maximum Gasteiger partial charge on any atom is 0.141 e. The summed E-state index contributed by atoms with van der Waals surface area (Å²) in [6, 6.07) is 3.64. The van der Waals surface area contributed by atoms with Crippen molar-refractivity contribution in [2.75, 3.05) is 26.4 Å². The van der Waals surface area contributed by atoms with Crippen molar-refractivity contribution in [2.24, 2.45) is 5.92 Å². The molecule has 0 atom stereocenters. The zero-order chi connectivity index (χ0) is 15.0.